The van der Waals surface area contributed by atoms with Crippen molar-refractivity contribution in [3.8, 4) is 17.2 Å². The molecule has 0 saturated heterocycles. The van der Waals surface area contributed by atoms with E-state index in [9.17, 15) is 9.90 Å². The van der Waals surface area contributed by atoms with Crippen molar-refractivity contribution in [2.45, 2.75) is 19.8 Å². The predicted molar refractivity (Wildman–Crippen MR) is 133 cm³/mol. The van der Waals surface area contributed by atoms with Crippen LogP contribution in [0.5, 0.6) is 5.75 Å². The van der Waals surface area contributed by atoms with Crippen LogP contribution in [0.15, 0.2) is 71.1 Å². The van der Waals surface area contributed by atoms with Gasteiger partial charge in [0.1, 0.15) is 11.5 Å². The summed E-state index contributed by atoms with van der Waals surface area (Å²) in [4.78, 5) is 16.0. The second-order valence-electron chi connectivity index (χ2n) is 7.60. The molecule has 0 spiro atoms. The lowest BCUT2D eigenvalue weighted by molar-refractivity contribution is -0.136. The molecule has 1 aromatic heterocycles. The molecule has 0 radical (unpaired) electrons. The van der Waals surface area contributed by atoms with Crippen LogP contribution >= 0.6 is 23.2 Å². The first-order chi connectivity index (χ1) is 16.4. The van der Waals surface area contributed by atoms with Crippen molar-refractivity contribution >= 4 is 40.5 Å². The summed E-state index contributed by atoms with van der Waals surface area (Å²) in [5.41, 5.74) is 3.38. The molecule has 0 aliphatic heterocycles. The maximum atomic E-state index is 11.4. The SMILES string of the molecule is Cc1oc(-c2ccccc2)nc1CCOc1ccc(Nc2c(Cl)cccc2Cl)c(CC(=O)O)c1. The van der Waals surface area contributed by atoms with Gasteiger partial charge in [-0.1, -0.05) is 47.5 Å². The first kappa shape index (κ1) is 23.7. The average Bonchev–Trinajstić information content (AvgIpc) is 3.18. The first-order valence-corrected chi connectivity index (χ1v) is 11.4. The van der Waals surface area contributed by atoms with Gasteiger partial charge in [0.05, 0.1) is 34.5 Å². The molecule has 1 heterocycles. The molecule has 0 atom stereocenters. The molecule has 8 heteroatoms. The van der Waals surface area contributed by atoms with Crippen LogP contribution in [0.4, 0.5) is 11.4 Å². The normalized spacial score (nSPS) is 10.8. The number of ether oxygens (including phenoxy) is 1. The number of rotatable bonds is 9. The Labute approximate surface area is 207 Å². The summed E-state index contributed by atoms with van der Waals surface area (Å²) in [6, 6.07) is 20.1. The number of aromatic nitrogens is 1. The lowest BCUT2D eigenvalue weighted by atomic mass is 10.1. The van der Waals surface area contributed by atoms with Crippen molar-refractivity contribution < 1.29 is 19.1 Å². The number of carbonyl (C=O) groups is 1. The van der Waals surface area contributed by atoms with Crippen molar-refractivity contribution in [1.29, 1.82) is 0 Å². The minimum atomic E-state index is -0.961. The van der Waals surface area contributed by atoms with Crippen molar-refractivity contribution in [3.05, 3.63) is 93.8 Å². The van der Waals surface area contributed by atoms with E-state index in [-0.39, 0.29) is 6.42 Å². The topological polar surface area (TPSA) is 84.6 Å². The molecular formula is C26H22Cl2N2O4. The van der Waals surface area contributed by atoms with Gasteiger partial charge < -0.3 is 19.6 Å². The molecule has 4 aromatic rings. The smallest absolute Gasteiger partial charge is 0.307 e. The number of oxazole rings is 1. The second kappa shape index (κ2) is 10.6. The summed E-state index contributed by atoms with van der Waals surface area (Å²) < 4.78 is 11.7. The number of carboxylic acid groups (broad SMARTS) is 1. The fourth-order valence-corrected chi connectivity index (χ4v) is 3.96. The molecule has 0 unspecified atom stereocenters. The van der Waals surface area contributed by atoms with Crippen LogP contribution in [0.3, 0.4) is 0 Å². The number of aliphatic carboxylic acids is 1. The molecule has 2 N–H and O–H groups in total. The standard InChI is InChI=1S/C26H22Cl2N2O4/c1-16-22(30-26(34-16)17-6-3-2-4-7-17)12-13-33-19-10-11-23(18(14-19)15-24(31)32)29-25-20(27)8-5-9-21(25)28/h2-11,14,29H,12-13,15H2,1H3,(H,31,32). The van der Waals surface area contributed by atoms with E-state index in [0.29, 0.717) is 51.7 Å². The Morgan fingerprint density at radius 3 is 2.50 bits per heavy atom. The van der Waals surface area contributed by atoms with Gasteiger partial charge in [-0.25, -0.2) is 4.98 Å². The Morgan fingerprint density at radius 1 is 1.06 bits per heavy atom. The zero-order valence-electron chi connectivity index (χ0n) is 18.3. The Hall–Kier alpha value is -3.48. The van der Waals surface area contributed by atoms with Crippen LogP contribution in [0.25, 0.3) is 11.5 Å². The van der Waals surface area contributed by atoms with Crippen LogP contribution in [-0.4, -0.2) is 22.7 Å². The third-order valence-electron chi connectivity index (χ3n) is 5.16. The lowest BCUT2D eigenvalue weighted by Gasteiger charge is -2.15. The van der Waals surface area contributed by atoms with Crippen molar-refractivity contribution in [2.24, 2.45) is 0 Å². The summed E-state index contributed by atoms with van der Waals surface area (Å²) in [6.07, 6.45) is 0.357. The number of nitrogens with one attached hydrogen (secondary N) is 1. The molecule has 0 amide bonds. The first-order valence-electron chi connectivity index (χ1n) is 10.6. The Bertz CT molecular complexity index is 1290. The summed E-state index contributed by atoms with van der Waals surface area (Å²) in [5.74, 6) is 0.907. The third kappa shape index (κ3) is 5.71. The van der Waals surface area contributed by atoms with Gasteiger partial charge in [-0.2, -0.15) is 0 Å². The minimum Gasteiger partial charge on any atom is -0.493 e. The Balaban J connectivity index is 1.46. The second-order valence-corrected chi connectivity index (χ2v) is 8.41. The van der Waals surface area contributed by atoms with E-state index in [0.717, 1.165) is 17.0 Å². The van der Waals surface area contributed by atoms with Crippen LogP contribution in [-0.2, 0) is 17.6 Å². The lowest BCUT2D eigenvalue weighted by Crippen LogP contribution is -2.07. The number of hydrogen-bond donors (Lipinski definition) is 2. The largest absolute Gasteiger partial charge is 0.493 e. The summed E-state index contributed by atoms with van der Waals surface area (Å²) >= 11 is 12.5. The van der Waals surface area contributed by atoms with E-state index in [1.54, 1.807) is 36.4 Å². The number of halogens is 2. The van der Waals surface area contributed by atoms with Gasteiger partial charge in [-0.3, -0.25) is 4.79 Å². The van der Waals surface area contributed by atoms with Gasteiger partial charge in [0.25, 0.3) is 0 Å². The van der Waals surface area contributed by atoms with Crippen LogP contribution in [0.2, 0.25) is 10.0 Å². The number of aryl methyl sites for hydroxylation is 1. The number of carboxylic acids is 1. The molecule has 3 aromatic carbocycles. The number of benzene rings is 3. The number of para-hydroxylation sites is 1. The zero-order chi connectivity index (χ0) is 24.1. The number of nitrogens with zero attached hydrogens (tertiary/aromatic N) is 1. The maximum Gasteiger partial charge on any atom is 0.307 e. The minimum absolute atomic E-state index is 0.190. The Morgan fingerprint density at radius 2 is 1.79 bits per heavy atom. The third-order valence-corrected chi connectivity index (χ3v) is 5.79. The molecule has 0 fully saturated rings. The van der Waals surface area contributed by atoms with Gasteiger partial charge in [0, 0.05) is 17.7 Å². The van der Waals surface area contributed by atoms with Crippen molar-refractivity contribution in [2.75, 3.05) is 11.9 Å². The van der Waals surface area contributed by atoms with E-state index in [4.69, 9.17) is 32.4 Å². The molecule has 174 valence electrons. The summed E-state index contributed by atoms with van der Waals surface area (Å²) in [6.45, 7) is 2.23. The quantitative estimate of drug-likeness (QED) is 0.260. The van der Waals surface area contributed by atoms with E-state index in [1.165, 1.54) is 0 Å². The fraction of sp³-hybridized carbons (Fsp3) is 0.154. The molecule has 34 heavy (non-hydrogen) atoms. The van der Waals surface area contributed by atoms with Crippen LogP contribution in [0.1, 0.15) is 17.0 Å². The highest BCUT2D eigenvalue weighted by molar-refractivity contribution is 6.39. The predicted octanol–water partition coefficient (Wildman–Crippen LogP) is 6.95. The summed E-state index contributed by atoms with van der Waals surface area (Å²) in [5, 5.41) is 13.4. The van der Waals surface area contributed by atoms with Gasteiger partial charge in [0.2, 0.25) is 5.89 Å². The zero-order valence-corrected chi connectivity index (χ0v) is 19.9. The fourth-order valence-electron chi connectivity index (χ4n) is 3.47. The maximum absolute atomic E-state index is 11.4. The molecule has 6 nitrogen and oxygen atoms in total. The molecule has 0 aliphatic carbocycles. The Kier molecular flexibility index (Phi) is 7.40. The summed E-state index contributed by atoms with van der Waals surface area (Å²) in [7, 11) is 0. The molecular weight excluding hydrogens is 475 g/mol. The van der Waals surface area contributed by atoms with E-state index >= 15 is 0 Å². The number of hydrogen-bond acceptors (Lipinski definition) is 5. The monoisotopic (exact) mass is 496 g/mol. The van der Waals surface area contributed by atoms with E-state index in [1.807, 2.05) is 37.3 Å². The molecule has 0 aliphatic rings. The highest BCUT2D eigenvalue weighted by Gasteiger charge is 2.14. The number of anilines is 2. The van der Waals surface area contributed by atoms with Crippen LogP contribution in [0, 0.1) is 6.92 Å². The van der Waals surface area contributed by atoms with Crippen molar-refractivity contribution in [3.63, 3.8) is 0 Å². The average molecular weight is 497 g/mol. The molecule has 4 rings (SSSR count). The van der Waals surface area contributed by atoms with E-state index in [2.05, 4.69) is 10.3 Å². The van der Waals surface area contributed by atoms with Gasteiger partial charge in [-0.15, -0.1) is 0 Å². The van der Waals surface area contributed by atoms with Gasteiger partial charge >= 0.3 is 5.97 Å². The van der Waals surface area contributed by atoms with Gasteiger partial charge in [-0.05, 0) is 55.0 Å². The highest BCUT2D eigenvalue weighted by Crippen LogP contribution is 2.34. The van der Waals surface area contributed by atoms with Gasteiger partial charge in [0.15, 0.2) is 0 Å². The molecule has 0 bridgehead atoms. The van der Waals surface area contributed by atoms with Crippen molar-refractivity contribution in [1.82, 2.24) is 4.98 Å². The van der Waals surface area contributed by atoms with Crippen LogP contribution < -0.4 is 10.1 Å². The van der Waals surface area contributed by atoms with E-state index < -0.39 is 5.97 Å². The molecule has 0 saturated carbocycles. The highest BCUT2D eigenvalue weighted by atomic mass is 35.5.